The van der Waals surface area contributed by atoms with Crippen LogP contribution in [0.1, 0.15) is 37.2 Å². The average Bonchev–Trinajstić information content (AvgIpc) is 3.26. The highest BCUT2D eigenvalue weighted by atomic mass is 16.3. The molecular formula is C21H25N5O4. The Morgan fingerprint density at radius 2 is 2.00 bits per heavy atom. The summed E-state index contributed by atoms with van der Waals surface area (Å²) in [4.78, 5) is 45.4. The Kier molecular flexibility index (Phi) is 5.07. The van der Waals surface area contributed by atoms with Crippen LogP contribution in [0.25, 0.3) is 11.0 Å². The smallest absolute Gasteiger partial charge is 0.328 e. The minimum absolute atomic E-state index is 0.104. The Hall–Kier alpha value is -3.20. The van der Waals surface area contributed by atoms with Crippen molar-refractivity contribution in [1.29, 1.82) is 0 Å². The number of aromatic amines is 1. The van der Waals surface area contributed by atoms with Crippen molar-refractivity contribution in [2.45, 2.75) is 45.4 Å². The second-order valence-electron chi connectivity index (χ2n) is 8.11. The fourth-order valence-corrected chi connectivity index (χ4v) is 4.02. The third kappa shape index (κ3) is 3.45. The molecule has 1 saturated heterocycles. The lowest BCUT2D eigenvalue weighted by molar-refractivity contribution is -0.131. The molecule has 1 fully saturated rings. The van der Waals surface area contributed by atoms with Crippen molar-refractivity contribution < 1.29 is 9.90 Å². The number of imidazole rings is 1. The van der Waals surface area contributed by atoms with Crippen LogP contribution in [0.5, 0.6) is 0 Å². The van der Waals surface area contributed by atoms with Crippen LogP contribution in [-0.4, -0.2) is 54.2 Å². The van der Waals surface area contributed by atoms with Crippen molar-refractivity contribution in [3.05, 3.63) is 62.7 Å². The molecule has 158 valence electrons. The van der Waals surface area contributed by atoms with Crippen molar-refractivity contribution in [2.24, 2.45) is 0 Å². The summed E-state index contributed by atoms with van der Waals surface area (Å²) in [5.41, 5.74) is 1.05. The number of aliphatic hydroxyl groups excluding tert-OH is 1. The molecule has 2 N–H and O–H groups in total. The number of likely N-dealkylation sites (tertiary alicyclic amines) is 1. The van der Waals surface area contributed by atoms with Crippen molar-refractivity contribution in [3.63, 3.8) is 0 Å². The first-order valence-electron chi connectivity index (χ1n) is 9.99. The molecule has 1 amide bonds. The number of β-amino-alcohol motifs (C(OH)–C–C–N with tert-alkyl or cyclic N) is 1. The van der Waals surface area contributed by atoms with Crippen molar-refractivity contribution in [1.82, 2.24) is 24.0 Å². The highest BCUT2D eigenvalue weighted by Gasteiger charge is 2.36. The average molecular weight is 411 g/mol. The number of hydrogen-bond acceptors (Lipinski definition) is 5. The molecule has 0 aliphatic carbocycles. The van der Waals surface area contributed by atoms with Gasteiger partial charge in [0.15, 0.2) is 0 Å². The zero-order chi connectivity index (χ0) is 21.6. The van der Waals surface area contributed by atoms with Crippen LogP contribution in [-0.2, 0) is 11.3 Å². The normalized spacial score (nSPS) is 19.2. The fourth-order valence-electron chi connectivity index (χ4n) is 4.02. The van der Waals surface area contributed by atoms with Gasteiger partial charge in [-0.15, -0.1) is 0 Å². The highest BCUT2D eigenvalue weighted by molar-refractivity contribution is 5.81. The van der Waals surface area contributed by atoms with Gasteiger partial charge in [0.2, 0.25) is 5.91 Å². The van der Waals surface area contributed by atoms with Crippen LogP contribution in [0.3, 0.4) is 0 Å². The maximum Gasteiger partial charge on any atom is 0.328 e. The summed E-state index contributed by atoms with van der Waals surface area (Å²) in [6.45, 7) is 6.07. The van der Waals surface area contributed by atoms with Crippen LogP contribution >= 0.6 is 0 Å². The summed E-state index contributed by atoms with van der Waals surface area (Å²) in [6, 6.07) is 7.07. The van der Waals surface area contributed by atoms with E-state index in [1.807, 2.05) is 42.7 Å². The van der Waals surface area contributed by atoms with Gasteiger partial charge >= 0.3 is 5.69 Å². The van der Waals surface area contributed by atoms with E-state index in [4.69, 9.17) is 0 Å². The Morgan fingerprint density at radius 1 is 1.27 bits per heavy atom. The number of fused-ring (bicyclic) bond motifs is 1. The number of H-pyrrole nitrogens is 1. The number of nitrogens with one attached hydrogen (secondary N) is 1. The van der Waals surface area contributed by atoms with E-state index in [0.29, 0.717) is 5.56 Å². The summed E-state index contributed by atoms with van der Waals surface area (Å²) < 4.78 is 3.22. The van der Waals surface area contributed by atoms with Crippen LogP contribution in [0.2, 0.25) is 0 Å². The zero-order valence-corrected chi connectivity index (χ0v) is 17.2. The summed E-state index contributed by atoms with van der Waals surface area (Å²) in [6.07, 6.45) is 0.532. The summed E-state index contributed by atoms with van der Waals surface area (Å²) in [5, 5.41) is 10.5. The van der Waals surface area contributed by atoms with E-state index < -0.39 is 23.4 Å². The number of nitrogens with zero attached hydrogens (tertiary/aromatic N) is 4. The van der Waals surface area contributed by atoms with E-state index in [0.717, 1.165) is 16.9 Å². The molecule has 4 rings (SSSR count). The minimum Gasteiger partial charge on any atom is -0.389 e. The quantitative estimate of drug-likeness (QED) is 0.658. The predicted molar refractivity (Wildman–Crippen MR) is 112 cm³/mol. The Labute approximate surface area is 172 Å². The number of hydrogen-bond donors (Lipinski definition) is 2. The Bertz CT molecular complexity index is 1220. The molecule has 2 aromatic heterocycles. The van der Waals surface area contributed by atoms with Crippen molar-refractivity contribution in [3.8, 4) is 0 Å². The van der Waals surface area contributed by atoms with Gasteiger partial charge in [-0.05, 0) is 19.1 Å². The number of amides is 1. The maximum atomic E-state index is 13.1. The zero-order valence-electron chi connectivity index (χ0n) is 17.2. The molecule has 9 heteroatoms. The topological polar surface area (TPSA) is 113 Å². The number of aliphatic hydroxyl groups is 1. The molecule has 0 spiro atoms. The minimum atomic E-state index is -0.902. The maximum absolute atomic E-state index is 13.1. The largest absolute Gasteiger partial charge is 0.389 e. The number of rotatable bonds is 4. The van der Waals surface area contributed by atoms with Gasteiger partial charge in [-0.25, -0.2) is 9.78 Å². The van der Waals surface area contributed by atoms with E-state index in [1.54, 1.807) is 11.8 Å². The third-order valence-corrected chi connectivity index (χ3v) is 5.61. The molecule has 0 saturated carbocycles. The standard InChI is InChI=1S/C21H25N5O4/c1-12(2)19-22-14-6-4-5-7-15(14)25(19)11-18(28)24-9-16(17(27)10-24)26-8-13(3)20(29)23-21(26)30/h4-8,12,16-17,27H,9-11H2,1-3H3,(H,23,29,30)/t16-,17-/m1/s1. The lowest BCUT2D eigenvalue weighted by Crippen LogP contribution is -2.37. The van der Waals surface area contributed by atoms with E-state index in [-0.39, 0.29) is 31.5 Å². The van der Waals surface area contributed by atoms with Gasteiger partial charge in [0.25, 0.3) is 5.56 Å². The molecule has 2 atom stereocenters. The van der Waals surface area contributed by atoms with Crippen molar-refractivity contribution in [2.75, 3.05) is 13.1 Å². The first-order chi connectivity index (χ1) is 14.3. The Morgan fingerprint density at radius 3 is 2.73 bits per heavy atom. The molecule has 0 unspecified atom stereocenters. The fraction of sp³-hybridized carbons (Fsp3) is 0.429. The molecule has 1 aliphatic heterocycles. The lowest BCUT2D eigenvalue weighted by atomic mass is 10.2. The summed E-state index contributed by atoms with van der Waals surface area (Å²) >= 11 is 0. The number of aryl methyl sites for hydroxylation is 1. The summed E-state index contributed by atoms with van der Waals surface area (Å²) in [7, 11) is 0. The van der Waals surface area contributed by atoms with E-state index in [1.165, 1.54) is 10.8 Å². The van der Waals surface area contributed by atoms with Gasteiger partial charge in [0.1, 0.15) is 12.4 Å². The molecule has 9 nitrogen and oxygen atoms in total. The molecule has 30 heavy (non-hydrogen) atoms. The highest BCUT2D eigenvalue weighted by Crippen LogP contribution is 2.24. The second kappa shape index (κ2) is 7.56. The molecule has 1 aromatic carbocycles. The lowest BCUT2D eigenvalue weighted by Gasteiger charge is -2.19. The van der Waals surface area contributed by atoms with Crippen LogP contribution in [0.4, 0.5) is 0 Å². The monoisotopic (exact) mass is 411 g/mol. The van der Waals surface area contributed by atoms with Gasteiger partial charge in [-0.3, -0.25) is 19.1 Å². The molecule has 0 radical (unpaired) electrons. The van der Waals surface area contributed by atoms with Gasteiger partial charge in [-0.2, -0.15) is 0 Å². The van der Waals surface area contributed by atoms with Gasteiger partial charge < -0.3 is 14.6 Å². The Balaban J connectivity index is 1.60. The van der Waals surface area contributed by atoms with Crippen molar-refractivity contribution >= 4 is 16.9 Å². The second-order valence-corrected chi connectivity index (χ2v) is 8.11. The molecule has 3 heterocycles. The first kappa shape index (κ1) is 20.1. The molecule has 1 aliphatic rings. The summed E-state index contributed by atoms with van der Waals surface area (Å²) in [5.74, 6) is 0.814. The van der Waals surface area contributed by atoms with Crippen LogP contribution in [0, 0.1) is 6.92 Å². The number of aromatic nitrogens is 4. The number of carbonyl (C=O) groups excluding carboxylic acids is 1. The molecule has 0 bridgehead atoms. The van der Waals surface area contributed by atoms with Gasteiger partial charge in [0.05, 0.1) is 23.2 Å². The van der Waals surface area contributed by atoms with Crippen LogP contribution in [0.15, 0.2) is 40.1 Å². The SMILES string of the molecule is Cc1cn([C@@H]2CN(C(=O)Cn3c(C(C)C)nc4ccccc43)C[C@H]2O)c(=O)[nH]c1=O. The predicted octanol–water partition coefficient (Wildman–Crippen LogP) is 0.763. The van der Waals surface area contributed by atoms with Gasteiger partial charge in [0, 0.05) is 30.8 Å². The molecular weight excluding hydrogens is 386 g/mol. The van der Waals surface area contributed by atoms with Gasteiger partial charge in [-0.1, -0.05) is 26.0 Å². The van der Waals surface area contributed by atoms with E-state index >= 15 is 0 Å². The number of carbonyl (C=O) groups is 1. The third-order valence-electron chi connectivity index (χ3n) is 5.61. The number of para-hydroxylation sites is 2. The molecule has 3 aromatic rings. The number of benzene rings is 1. The first-order valence-corrected chi connectivity index (χ1v) is 9.99. The van der Waals surface area contributed by atoms with Crippen LogP contribution < -0.4 is 11.2 Å². The van der Waals surface area contributed by atoms with E-state index in [2.05, 4.69) is 9.97 Å². The van der Waals surface area contributed by atoms with E-state index in [9.17, 15) is 19.5 Å².